The van der Waals surface area contributed by atoms with Gasteiger partial charge in [0.15, 0.2) is 0 Å². The lowest BCUT2D eigenvalue weighted by Gasteiger charge is -2.23. The van der Waals surface area contributed by atoms with E-state index in [1.54, 1.807) is 7.11 Å². The second kappa shape index (κ2) is 6.54. The lowest BCUT2D eigenvalue weighted by Crippen LogP contribution is -2.11. The highest BCUT2D eigenvalue weighted by Crippen LogP contribution is 2.34. The molecule has 0 aliphatic heterocycles. The van der Waals surface area contributed by atoms with Gasteiger partial charge in [-0.1, -0.05) is 32.0 Å². The third kappa shape index (κ3) is 3.24. The van der Waals surface area contributed by atoms with Crippen LogP contribution in [0.15, 0.2) is 24.3 Å². The minimum atomic E-state index is 0.541. The summed E-state index contributed by atoms with van der Waals surface area (Å²) < 4.78 is 5.43. The predicted octanol–water partition coefficient (Wildman–Crippen LogP) is 3.17. The number of methoxy groups -OCH3 is 1. The van der Waals surface area contributed by atoms with Crippen LogP contribution in [0.2, 0.25) is 0 Å². The van der Waals surface area contributed by atoms with E-state index in [1.165, 1.54) is 5.56 Å². The van der Waals surface area contributed by atoms with Crippen molar-refractivity contribution in [3.63, 3.8) is 0 Å². The summed E-state index contributed by atoms with van der Waals surface area (Å²) in [6, 6.07) is 8.30. The minimum absolute atomic E-state index is 0.541. The highest BCUT2D eigenvalue weighted by Gasteiger charge is 2.18. The molecule has 2 heteroatoms. The van der Waals surface area contributed by atoms with Gasteiger partial charge in [0, 0.05) is 0 Å². The highest BCUT2D eigenvalue weighted by atomic mass is 16.5. The Morgan fingerprint density at radius 2 is 1.94 bits per heavy atom. The number of hydrogen-bond acceptors (Lipinski definition) is 2. The molecular formula is C14H23NO. The molecule has 1 aromatic rings. The molecule has 0 aromatic heterocycles. The largest absolute Gasteiger partial charge is 0.496 e. The van der Waals surface area contributed by atoms with E-state index in [4.69, 9.17) is 10.5 Å². The van der Waals surface area contributed by atoms with Crippen molar-refractivity contribution in [2.24, 2.45) is 11.7 Å². The van der Waals surface area contributed by atoms with Gasteiger partial charge < -0.3 is 10.5 Å². The molecule has 90 valence electrons. The molecule has 0 heterocycles. The van der Waals surface area contributed by atoms with Crippen LogP contribution in [0.3, 0.4) is 0 Å². The number of rotatable bonds is 6. The van der Waals surface area contributed by atoms with Crippen LogP contribution in [-0.2, 0) is 0 Å². The zero-order chi connectivity index (χ0) is 12.0. The van der Waals surface area contributed by atoms with Crippen molar-refractivity contribution in [1.82, 2.24) is 0 Å². The van der Waals surface area contributed by atoms with E-state index in [1.807, 2.05) is 12.1 Å². The van der Waals surface area contributed by atoms with Crippen LogP contribution < -0.4 is 10.5 Å². The summed E-state index contributed by atoms with van der Waals surface area (Å²) in [5.41, 5.74) is 6.91. The molecule has 0 amide bonds. The Bertz CT molecular complexity index is 309. The van der Waals surface area contributed by atoms with Crippen LogP contribution in [0.1, 0.15) is 38.2 Å². The molecule has 2 nitrogen and oxygen atoms in total. The lowest BCUT2D eigenvalue weighted by atomic mass is 9.84. The fourth-order valence-electron chi connectivity index (χ4n) is 2.16. The Hall–Kier alpha value is -1.02. The monoisotopic (exact) mass is 221 g/mol. The van der Waals surface area contributed by atoms with Gasteiger partial charge in [-0.2, -0.15) is 0 Å². The van der Waals surface area contributed by atoms with E-state index in [0.29, 0.717) is 11.8 Å². The second-order valence-electron chi connectivity index (χ2n) is 4.52. The maximum absolute atomic E-state index is 5.59. The van der Waals surface area contributed by atoms with E-state index in [-0.39, 0.29) is 0 Å². The molecule has 0 radical (unpaired) electrons. The smallest absolute Gasteiger partial charge is 0.122 e. The standard InChI is InChI=1S/C14H23NO/c1-11(2)12(8-6-10-15)13-7-4-5-9-14(13)16-3/h4-5,7,9,11-12H,6,8,10,15H2,1-3H3. The van der Waals surface area contributed by atoms with Crippen LogP contribution >= 0.6 is 0 Å². The van der Waals surface area contributed by atoms with Gasteiger partial charge in [0.2, 0.25) is 0 Å². The van der Waals surface area contributed by atoms with Crippen LogP contribution in [0.4, 0.5) is 0 Å². The van der Waals surface area contributed by atoms with Crippen molar-refractivity contribution >= 4 is 0 Å². The van der Waals surface area contributed by atoms with Gasteiger partial charge in [-0.3, -0.25) is 0 Å². The van der Waals surface area contributed by atoms with E-state index in [2.05, 4.69) is 26.0 Å². The van der Waals surface area contributed by atoms with E-state index >= 15 is 0 Å². The van der Waals surface area contributed by atoms with Gasteiger partial charge in [-0.05, 0) is 42.9 Å². The first kappa shape index (κ1) is 13.0. The van der Waals surface area contributed by atoms with Crippen LogP contribution in [0.5, 0.6) is 5.75 Å². The Morgan fingerprint density at radius 1 is 1.25 bits per heavy atom. The zero-order valence-corrected chi connectivity index (χ0v) is 10.6. The summed E-state index contributed by atoms with van der Waals surface area (Å²) in [6.07, 6.45) is 2.20. The number of hydrogen-bond donors (Lipinski definition) is 1. The quantitative estimate of drug-likeness (QED) is 0.800. The average Bonchev–Trinajstić information content (AvgIpc) is 2.29. The molecule has 0 saturated heterocycles. The number of nitrogens with two attached hydrogens (primary N) is 1. The Labute approximate surface area is 98.8 Å². The fraction of sp³-hybridized carbons (Fsp3) is 0.571. The first-order chi connectivity index (χ1) is 7.70. The normalized spacial score (nSPS) is 12.8. The molecule has 1 aromatic carbocycles. The summed E-state index contributed by atoms with van der Waals surface area (Å²) in [5.74, 6) is 2.15. The molecule has 1 atom stereocenters. The Kier molecular flexibility index (Phi) is 5.33. The third-order valence-corrected chi connectivity index (χ3v) is 3.06. The van der Waals surface area contributed by atoms with Crippen LogP contribution in [0, 0.1) is 5.92 Å². The Balaban J connectivity index is 2.91. The summed E-state index contributed by atoms with van der Waals surface area (Å²) >= 11 is 0. The third-order valence-electron chi connectivity index (χ3n) is 3.06. The number of benzene rings is 1. The number of para-hydroxylation sites is 1. The first-order valence-electron chi connectivity index (χ1n) is 6.03. The zero-order valence-electron chi connectivity index (χ0n) is 10.6. The predicted molar refractivity (Wildman–Crippen MR) is 68.9 cm³/mol. The Morgan fingerprint density at radius 3 is 2.50 bits per heavy atom. The van der Waals surface area contributed by atoms with Crippen LogP contribution in [0.25, 0.3) is 0 Å². The van der Waals surface area contributed by atoms with Crippen molar-refractivity contribution in [2.75, 3.05) is 13.7 Å². The molecule has 16 heavy (non-hydrogen) atoms. The van der Waals surface area contributed by atoms with Crippen molar-refractivity contribution in [3.05, 3.63) is 29.8 Å². The summed E-state index contributed by atoms with van der Waals surface area (Å²) in [6.45, 7) is 5.28. The molecule has 0 bridgehead atoms. The maximum atomic E-state index is 5.59. The summed E-state index contributed by atoms with van der Waals surface area (Å²) in [4.78, 5) is 0. The topological polar surface area (TPSA) is 35.2 Å². The van der Waals surface area contributed by atoms with Crippen molar-refractivity contribution in [3.8, 4) is 5.75 Å². The molecule has 1 rings (SSSR count). The van der Waals surface area contributed by atoms with Crippen LogP contribution in [-0.4, -0.2) is 13.7 Å². The van der Waals surface area contributed by atoms with E-state index in [0.717, 1.165) is 25.1 Å². The highest BCUT2D eigenvalue weighted by molar-refractivity contribution is 5.36. The van der Waals surface area contributed by atoms with E-state index < -0.39 is 0 Å². The fourth-order valence-corrected chi connectivity index (χ4v) is 2.16. The maximum Gasteiger partial charge on any atom is 0.122 e. The number of ether oxygens (including phenoxy) is 1. The van der Waals surface area contributed by atoms with Crippen molar-refractivity contribution in [1.29, 1.82) is 0 Å². The van der Waals surface area contributed by atoms with Gasteiger partial charge in [0.1, 0.15) is 5.75 Å². The first-order valence-corrected chi connectivity index (χ1v) is 6.03. The SMILES string of the molecule is COc1ccccc1C(CCCN)C(C)C. The summed E-state index contributed by atoms with van der Waals surface area (Å²) in [7, 11) is 1.74. The molecule has 0 aliphatic carbocycles. The molecule has 2 N–H and O–H groups in total. The minimum Gasteiger partial charge on any atom is -0.496 e. The molecule has 0 spiro atoms. The second-order valence-corrected chi connectivity index (χ2v) is 4.52. The lowest BCUT2D eigenvalue weighted by molar-refractivity contribution is 0.387. The van der Waals surface area contributed by atoms with Gasteiger partial charge >= 0.3 is 0 Å². The molecule has 0 fully saturated rings. The van der Waals surface area contributed by atoms with Crippen molar-refractivity contribution < 1.29 is 4.74 Å². The van der Waals surface area contributed by atoms with Gasteiger partial charge in [-0.15, -0.1) is 0 Å². The average molecular weight is 221 g/mol. The molecule has 0 aliphatic rings. The van der Waals surface area contributed by atoms with E-state index in [9.17, 15) is 0 Å². The van der Waals surface area contributed by atoms with Gasteiger partial charge in [-0.25, -0.2) is 0 Å². The molecule has 1 unspecified atom stereocenters. The summed E-state index contributed by atoms with van der Waals surface area (Å²) in [5, 5.41) is 0. The van der Waals surface area contributed by atoms with Crippen molar-refractivity contribution in [2.45, 2.75) is 32.6 Å². The molecular weight excluding hydrogens is 198 g/mol. The molecule has 0 saturated carbocycles. The van der Waals surface area contributed by atoms with Gasteiger partial charge in [0.05, 0.1) is 7.11 Å². The van der Waals surface area contributed by atoms with Gasteiger partial charge in [0.25, 0.3) is 0 Å².